The highest BCUT2D eigenvalue weighted by molar-refractivity contribution is 7.99. The number of hydrogen-bond donors (Lipinski definition) is 1. The van der Waals surface area contributed by atoms with Crippen LogP contribution >= 0.6 is 23.3 Å². The quantitative estimate of drug-likeness (QED) is 0.450. The molecule has 3 aromatic rings. The molecule has 0 atom stereocenters. The molecule has 2 heterocycles. The molecule has 2 aromatic heterocycles. The average Bonchev–Trinajstić information content (AvgIpc) is 3.31. The minimum absolute atomic E-state index is 0.0216. The molecule has 0 spiro atoms. The van der Waals surface area contributed by atoms with Crippen molar-refractivity contribution in [2.24, 2.45) is 0 Å². The van der Waals surface area contributed by atoms with Crippen LogP contribution in [0, 0.1) is 18.3 Å². The zero-order valence-corrected chi connectivity index (χ0v) is 17.7. The number of anilines is 1. The predicted octanol–water partition coefficient (Wildman–Crippen LogP) is 3.54. The summed E-state index contributed by atoms with van der Waals surface area (Å²) in [6.45, 7) is 2.00. The van der Waals surface area contributed by atoms with E-state index >= 15 is 0 Å². The van der Waals surface area contributed by atoms with E-state index in [1.165, 1.54) is 17.8 Å². The summed E-state index contributed by atoms with van der Waals surface area (Å²) in [5.74, 6) is -0.409. The molecule has 1 amide bonds. The van der Waals surface area contributed by atoms with E-state index in [0.717, 1.165) is 16.7 Å². The Morgan fingerprint density at radius 2 is 2.00 bits per heavy atom. The number of nitriles is 1. The van der Waals surface area contributed by atoms with Gasteiger partial charge in [0.15, 0.2) is 5.09 Å². The van der Waals surface area contributed by atoms with Crippen molar-refractivity contribution >= 4 is 50.2 Å². The Labute approximate surface area is 175 Å². The Balaban J connectivity index is 1.71. The van der Waals surface area contributed by atoms with Crippen molar-refractivity contribution in [1.29, 1.82) is 5.26 Å². The third kappa shape index (κ3) is 5.54. The molecule has 0 fully saturated rings. The van der Waals surface area contributed by atoms with Crippen LogP contribution in [0.1, 0.15) is 11.3 Å². The summed E-state index contributed by atoms with van der Waals surface area (Å²) in [5.41, 5.74) is 0.934. The lowest BCUT2D eigenvalue weighted by molar-refractivity contribution is -0.112. The fourth-order valence-electron chi connectivity index (χ4n) is 2.06. The number of carbonyl (C=O) groups is 1. The van der Waals surface area contributed by atoms with Gasteiger partial charge < -0.3 is 4.42 Å². The third-order valence-corrected chi connectivity index (χ3v) is 5.97. The zero-order chi connectivity index (χ0) is 21.0. The van der Waals surface area contributed by atoms with E-state index in [4.69, 9.17) is 4.42 Å². The summed E-state index contributed by atoms with van der Waals surface area (Å²) in [4.78, 5) is 17.0. The molecule has 0 aliphatic heterocycles. The predicted molar refractivity (Wildman–Crippen MR) is 109 cm³/mol. The molecule has 148 valence electrons. The lowest BCUT2D eigenvalue weighted by Gasteiger charge is -1.99. The van der Waals surface area contributed by atoms with Crippen LogP contribution in [0.2, 0.25) is 0 Å². The van der Waals surface area contributed by atoms with Gasteiger partial charge in [-0.05, 0) is 31.2 Å². The van der Waals surface area contributed by atoms with Crippen molar-refractivity contribution in [2.75, 3.05) is 11.6 Å². The van der Waals surface area contributed by atoms with Gasteiger partial charge in [-0.15, -0.1) is 0 Å². The van der Waals surface area contributed by atoms with Crippen molar-refractivity contribution in [3.63, 3.8) is 0 Å². The highest BCUT2D eigenvalue weighted by atomic mass is 32.2. The van der Waals surface area contributed by atoms with Gasteiger partial charge in [0.1, 0.15) is 17.4 Å². The van der Waals surface area contributed by atoms with E-state index in [9.17, 15) is 18.5 Å². The highest BCUT2D eigenvalue weighted by Gasteiger charge is 2.18. The highest BCUT2D eigenvalue weighted by Crippen LogP contribution is 2.30. The molecule has 1 N–H and O–H groups in total. The summed E-state index contributed by atoms with van der Waals surface area (Å²) in [6.07, 6.45) is 2.26. The Morgan fingerprint density at radius 3 is 2.62 bits per heavy atom. The van der Waals surface area contributed by atoms with Crippen LogP contribution in [0.5, 0.6) is 0 Å². The Kier molecular flexibility index (Phi) is 6.17. The fourth-order valence-corrected chi connectivity index (χ4v) is 4.27. The normalized spacial score (nSPS) is 11.8. The third-order valence-electron chi connectivity index (χ3n) is 3.45. The second kappa shape index (κ2) is 8.60. The first-order valence-electron chi connectivity index (χ1n) is 8.06. The summed E-state index contributed by atoms with van der Waals surface area (Å²) in [5, 5.41) is 11.8. The molecule has 0 aliphatic carbocycles. The number of nitrogens with one attached hydrogen (secondary N) is 1. The van der Waals surface area contributed by atoms with Crippen molar-refractivity contribution in [3.8, 4) is 6.07 Å². The standard InChI is InChI=1S/C18H14N4O4S3/c1-11-3-6-14(7-4-11)27-15-8-5-13(26-15)9-12(10-19)16(23)20-17-21-18(22-28-17)29(2,24)25/h3-9H,1-2H3,(H,20,21,22,23)/b12-9-. The number of hydrogen-bond acceptors (Lipinski definition) is 9. The number of sulfone groups is 1. The van der Waals surface area contributed by atoms with Crippen LogP contribution in [0.4, 0.5) is 5.13 Å². The molecular weight excluding hydrogens is 432 g/mol. The number of carbonyl (C=O) groups excluding carboxylic acids is 1. The first-order chi connectivity index (χ1) is 13.7. The maximum Gasteiger partial charge on any atom is 0.268 e. The minimum Gasteiger partial charge on any atom is -0.450 e. The summed E-state index contributed by atoms with van der Waals surface area (Å²) in [6, 6.07) is 13.1. The van der Waals surface area contributed by atoms with Crippen molar-refractivity contribution in [3.05, 3.63) is 53.3 Å². The molecule has 29 heavy (non-hydrogen) atoms. The maximum atomic E-state index is 12.3. The zero-order valence-electron chi connectivity index (χ0n) is 15.2. The number of aromatic nitrogens is 2. The number of amides is 1. The monoisotopic (exact) mass is 446 g/mol. The molecule has 0 radical (unpaired) electrons. The smallest absolute Gasteiger partial charge is 0.268 e. The number of aryl methyl sites for hydroxylation is 1. The SMILES string of the molecule is Cc1ccc(Sc2ccc(/C=C(/C#N)C(=O)Nc3nc(S(C)(=O)=O)ns3)o2)cc1. The van der Waals surface area contributed by atoms with Gasteiger partial charge in [0, 0.05) is 28.8 Å². The fraction of sp³-hybridized carbons (Fsp3) is 0.111. The number of nitrogens with zero attached hydrogens (tertiary/aromatic N) is 3. The minimum atomic E-state index is -3.58. The molecular formula is C18H14N4O4S3. The van der Waals surface area contributed by atoms with Gasteiger partial charge in [-0.25, -0.2) is 8.42 Å². The second-order valence-corrected chi connectivity index (χ2v) is 9.59. The molecule has 0 bridgehead atoms. The molecule has 8 nitrogen and oxygen atoms in total. The van der Waals surface area contributed by atoms with E-state index in [2.05, 4.69) is 14.7 Å². The van der Waals surface area contributed by atoms with E-state index in [-0.39, 0.29) is 15.9 Å². The molecule has 0 saturated carbocycles. The molecule has 0 unspecified atom stereocenters. The van der Waals surface area contributed by atoms with Gasteiger partial charge in [-0.3, -0.25) is 10.1 Å². The average molecular weight is 447 g/mol. The van der Waals surface area contributed by atoms with Gasteiger partial charge in [0.25, 0.3) is 11.1 Å². The van der Waals surface area contributed by atoms with Crippen LogP contribution in [-0.4, -0.2) is 29.9 Å². The summed E-state index contributed by atoms with van der Waals surface area (Å²) in [7, 11) is -3.58. The van der Waals surface area contributed by atoms with Gasteiger partial charge >= 0.3 is 0 Å². The Hall–Kier alpha value is -2.94. The Morgan fingerprint density at radius 1 is 1.28 bits per heavy atom. The van der Waals surface area contributed by atoms with Crippen molar-refractivity contribution in [2.45, 2.75) is 22.1 Å². The van der Waals surface area contributed by atoms with Gasteiger partial charge in [0.2, 0.25) is 15.0 Å². The molecule has 1 aromatic carbocycles. The molecule has 0 aliphatic rings. The number of furan rings is 1. The number of rotatable bonds is 6. The van der Waals surface area contributed by atoms with E-state index in [1.807, 2.05) is 31.2 Å². The van der Waals surface area contributed by atoms with Crippen molar-refractivity contribution < 1.29 is 17.6 Å². The Bertz CT molecular complexity index is 1220. The first-order valence-corrected chi connectivity index (χ1v) is 11.5. The van der Waals surface area contributed by atoms with Crippen LogP contribution in [0.25, 0.3) is 6.08 Å². The van der Waals surface area contributed by atoms with E-state index < -0.39 is 15.7 Å². The van der Waals surface area contributed by atoms with Crippen LogP contribution in [0.3, 0.4) is 0 Å². The maximum absolute atomic E-state index is 12.3. The largest absolute Gasteiger partial charge is 0.450 e. The van der Waals surface area contributed by atoms with E-state index in [0.29, 0.717) is 22.4 Å². The van der Waals surface area contributed by atoms with Gasteiger partial charge in [-0.1, -0.05) is 29.5 Å². The first kappa shape index (κ1) is 20.8. The summed E-state index contributed by atoms with van der Waals surface area (Å²) >= 11 is 2.12. The molecule has 0 saturated heterocycles. The molecule has 11 heteroatoms. The molecule has 3 rings (SSSR count). The van der Waals surface area contributed by atoms with Crippen LogP contribution < -0.4 is 5.32 Å². The lowest BCUT2D eigenvalue weighted by atomic mass is 10.2. The van der Waals surface area contributed by atoms with Crippen molar-refractivity contribution in [1.82, 2.24) is 9.36 Å². The van der Waals surface area contributed by atoms with Crippen LogP contribution in [-0.2, 0) is 14.6 Å². The summed E-state index contributed by atoms with van der Waals surface area (Å²) < 4.78 is 32.1. The van der Waals surface area contributed by atoms with E-state index in [1.54, 1.807) is 18.2 Å². The van der Waals surface area contributed by atoms with Gasteiger partial charge in [-0.2, -0.15) is 14.6 Å². The second-order valence-electron chi connectivity index (χ2n) is 5.85. The van der Waals surface area contributed by atoms with Crippen LogP contribution in [0.15, 0.2) is 61.5 Å². The van der Waals surface area contributed by atoms with Gasteiger partial charge in [0.05, 0.1) is 0 Å². The lowest BCUT2D eigenvalue weighted by Crippen LogP contribution is -2.13. The number of benzene rings is 1. The topological polar surface area (TPSA) is 126 Å².